The van der Waals surface area contributed by atoms with E-state index in [1.807, 2.05) is 32.0 Å². The van der Waals surface area contributed by atoms with Crippen LogP contribution >= 0.6 is 0 Å². The normalized spacial score (nSPS) is 14.6. The molecule has 2 aromatic heterocycles. The van der Waals surface area contributed by atoms with Gasteiger partial charge in [0.05, 0.1) is 12.8 Å². The second kappa shape index (κ2) is 11.7. The molecule has 1 aliphatic rings. The molecule has 0 bridgehead atoms. The molecule has 36 heavy (non-hydrogen) atoms. The minimum absolute atomic E-state index is 0.0702. The van der Waals surface area contributed by atoms with Crippen molar-refractivity contribution in [1.82, 2.24) is 15.6 Å². The van der Waals surface area contributed by atoms with Gasteiger partial charge in [-0.1, -0.05) is 31.4 Å². The minimum Gasteiger partial charge on any atom is -0.459 e. The first-order valence-electron chi connectivity index (χ1n) is 12.4. The number of furan rings is 1. The van der Waals surface area contributed by atoms with Crippen molar-refractivity contribution in [2.75, 3.05) is 11.4 Å². The summed E-state index contributed by atoms with van der Waals surface area (Å²) in [6.07, 6.45) is 9.78. The van der Waals surface area contributed by atoms with Crippen molar-refractivity contribution in [3.05, 3.63) is 83.6 Å². The van der Waals surface area contributed by atoms with E-state index in [4.69, 9.17) is 4.42 Å². The van der Waals surface area contributed by atoms with E-state index in [9.17, 15) is 14.4 Å². The van der Waals surface area contributed by atoms with Crippen molar-refractivity contribution >= 4 is 23.4 Å². The maximum absolute atomic E-state index is 13.8. The Hall–Kier alpha value is -3.94. The van der Waals surface area contributed by atoms with Gasteiger partial charge >= 0.3 is 0 Å². The summed E-state index contributed by atoms with van der Waals surface area (Å²) in [5, 5.41) is 5.79. The molecule has 4 rings (SSSR count). The molecule has 2 N–H and O–H groups in total. The zero-order chi connectivity index (χ0) is 25.5. The van der Waals surface area contributed by atoms with Crippen molar-refractivity contribution in [3.63, 3.8) is 0 Å². The Bertz CT molecular complexity index is 1190. The van der Waals surface area contributed by atoms with Crippen LogP contribution in [-0.2, 0) is 9.59 Å². The van der Waals surface area contributed by atoms with Crippen LogP contribution in [0.5, 0.6) is 0 Å². The zero-order valence-electron chi connectivity index (χ0n) is 20.7. The van der Waals surface area contributed by atoms with Gasteiger partial charge in [-0.2, -0.15) is 0 Å². The third kappa shape index (κ3) is 6.00. The lowest BCUT2D eigenvalue weighted by molar-refractivity contribution is -0.127. The van der Waals surface area contributed by atoms with Gasteiger partial charge in [-0.05, 0) is 68.1 Å². The molecule has 1 saturated carbocycles. The summed E-state index contributed by atoms with van der Waals surface area (Å²) < 4.78 is 5.13. The van der Waals surface area contributed by atoms with Crippen molar-refractivity contribution < 1.29 is 18.8 Å². The number of aryl methyl sites for hydroxylation is 2. The molecular weight excluding hydrogens is 456 g/mol. The van der Waals surface area contributed by atoms with Crippen molar-refractivity contribution in [2.45, 2.75) is 58.0 Å². The summed E-state index contributed by atoms with van der Waals surface area (Å²) in [5.74, 6) is -1.08. The first kappa shape index (κ1) is 25.2. The fourth-order valence-electron chi connectivity index (χ4n) is 4.53. The van der Waals surface area contributed by atoms with E-state index in [1.54, 1.807) is 30.6 Å². The molecule has 0 unspecified atom stereocenters. The molecule has 0 radical (unpaired) electrons. The summed E-state index contributed by atoms with van der Waals surface area (Å²) in [6, 6.07) is 11.4. The Morgan fingerprint density at radius 1 is 1.06 bits per heavy atom. The number of rotatable bonds is 8. The fourth-order valence-corrected chi connectivity index (χ4v) is 4.53. The first-order chi connectivity index (χ1) is 17.4. The number of amides is 3. The predicted octanol–water partition coefficient (Wildman–Crippen LogP) is 4.24. The molecule has 8 nitrogen and oxygen atoms in total. The number of nitrogens with one attached hydrogen (secondary N) is 2. The molecule has 8 heteroatoms. The number of aromatic nitrogens is 1. The Balaban J connectivity index is 1.68. The first-order valence-corrected chi connectivity index (χ1v) is 12.4. The van der Waals surface area contributed by atoms with Crippen LogP contribution in [0.3, 0.4) is 0 Å². The van der Waals surface area contributed by atoms with Gasteiger partial charge in [0, 0.05) is 29.7 Å². The van der Waals surface area contributed by atoms with Gasteiger partial charge in [-0.25, -0.2) is 0 Å². The maximum Gasteiger partial charge on any atom is 0.287 e. The van der Waals surface area contributed by atoms with Gasteiger partial charge in [0.2, 0.25) is 11.8 Å². The van der Waals surface area contributed by atoms with E-state index in [1.165, 1.54) is 23.7 Å². The Labute approximate surface area is 211 Å². The van der Waals surface area contributed by atoms with Gasteiger partial charge < -0.3 is 15.1 Å². The summed E-state index contributed by atoms with van der Waals surface area (Å²) in [7, 11) is 0. The van der Waals surface area contributed by atoms with Gasteiger partial charge in [0.15, 0.2) is 5.76 Å². The third-order valence-electron chi connectivity index (χ3n) is 6.64. The number of carbonyl (C=O) groups excluding carboxylic acids is 3. The summed E-state index contributed by atoms with van der Waals surface area (Å²) in [4.78, 5) is 45.6. The number of hydrogen-bond donors (Lipinski definition) is 2. The van der Waals surface area contributed by atoms with Gasteiger partial charge in [0.25, 0.3) is 5.91 Å². The van der Waals surface area contributed by atoms with Crippen LogP contribution in [-0.4, -0.2) is 35.3 Å². The molecule has 0 aliphatic heterocycles. The highest BCUT2D eigenvalue weighted by Crippen LogP contribution is 2.30. The van der Waals surface area contributed by atoms with Gasteiger partial charge in [-0.15, -0.1) is 0 Å². The summed E-state index contributed by atoms with van der Waals surface area (Å²) >= 11 is 0. The minimum atomic E-state index is -0.948. The molecule has 1 aliphatic carbocycles. The van der Waals surface area contributed by atoms with Crippen LogP contribution in [0.4, 0.5) is 5.69 Å². The van der Waals surface area contributed by atoms with Crippen LogP contribution in [0.15, 0.2) is 65.5 Å². The molecular formula is C28H32N4O4. The lowest BCUT2D eigenvalue weighted by Gasteiger charge is -2.33. The number of benzene rings is 1. The molecule has 188 valence electrons. The van der Waals surface area contributed by atoms with Crippen LogP contribution in [0.2, 0.25) is 0 Å². The second-order valence-electron chi connectivity index (χ2n) is 9.22. The average molecular weight is 489 g/mol. The highest BCUT2D eigenvalue weighted by atomic mass is 16.3. The van der Waals surface area contributed by atoms with Crippen LogP contribution < -0.4 is 15.5 Å². The van der Waals surface area contributed by atoms with E-state index in [0.717, 1.165) is 36.8 Å². The molecule has 1 aromatic carbocycles. The van der Waals surface area contributed by atoms with Gasteiger partial charge in [-0.3, -0.25) is 24.3 Å². The third-order valence-corrected chi connectivity index (χ3v) is 6.64. The lowest BCUT2D eigenvalue weighted by Crippen LogP contribution is -2.49. The van der Waals surface area contributed by atoms with Crippen LogP contribution in [0.25, 0.3) is 0 Å². The van der Waals surface area contributed by atoms with E-state index >= 15 is 0 Å². The monoisotopic (exact) mass is 488 g/mol. The molecule has 0 saturated heterocycles. The van der Waals surface area contributed by atoms with E-state index in [0.29, 0.717) is 11.3 Å². The Morgan fingerprint density at radius 3 is 2.53 bits per heavy atom. The quantitative estimate of drug-likeness (QED) is 0.493. The lowest BCUT2D eigenvalue weighted by atomic mass is 9.94. The van der Waals surface area contributed by atoms with Gasteiger partial charge in [0.1, 0.15) is 6.04 Å². The van der Waals surface area contributed by atoms with Crippen LogP contribution in [0.1, 0.15) is 65.4 Å². The summed E-state index contributed by atoms with van der Waals surface area (Å²) in [6.45, 7) is 3.64. The van der Waals surface area contributed by atoms with E-state index in [2.05, 4.69) is 15.6 Å². The topological polar surface area (TPSA) is 105 Å². The van der Waals surface area contributed by atoms with E-state index < -0.39 is 17.9 Å². The number of nitrogens with zero attached hydrogens (tertiary/aromatic N) is 2. The number of carbonyl (C=O) groups is 3. The average Bonchev–Trinajstić information content (AvgIpc) is 3.44. The van der Waals surface area contributed by atoms with Crippen molar-refractivity contribution in [3.8, 4) is 0 Å². The predicted molar refractivity (Wildman–Crippen MR) is 136 cm³/mol. The van der Waals surface area contributed by atoms with Crippen molar-refractivity contribution in [2.24, 2.45) is 0 Å². The largest absolute Gasteiger partial charge is 0.459 e. The molecule has 2 heterocycles. The Kier molecular flexibility index (Phi) is 8.15. The standard InChI is InChI=1S/C28H32N4O4/c1-19-12-13-23(16-20(19)2)32(25(33)18-30-27(34)24-11-7-15-36-24)26(21-8-6-14-29-17-21)28(35)31-22-9-4-3-5-10-22/h6-8,11-17,22,26H,3-5,9-10,18H2,1-2H3,(H,30,34)(H,31,35)/t26-/m0/s1. The van der Waals surface area contributed by atoms with E-state index in [-0.39, 0.29) is 24.3 Å². The molecule has 3 amide bonds. The smallest absolute Gasteiger partial charge is 0.287 e. The molecule has 1 atom stereocenters. The highest BCUT2D eigenvalue weighted by molar-refractivity contribution is 6.04. The fraction of sp³-hybridized carbons (Fsp3) is 0.357. The second-order valence-corrected chi connectivity index (χ2v) is 9.22. The molecule has 0 spiro atoms. The van der Waals surface area contributed by atoms with Crippen LogP contribution in [0, 0.1) is 13.8 Å². The number of pyridine rings is 1. The molecule has 3 aromatic rings. The zero-order valence-corrected chi connectivity index (χ0v) is 20.7. The SMILES string of the molecule is Cc1ccc(N(C(=O)CNC(=O)c2ccco2)[C@H](C(=O)NC2CCCCC2)c2cccnc2)cc1C. The van der Waals surface area contributed by atoms with Crippen molar-refractivity contribution in [1.29, 1.82) is 0 Å². The summed E-state index contributed by atoms with van der Waals surface area (Å²) in [5.41, 5.74) is 3.22. The maximum atomic E-state index is 13.8. The number of anilines is 1. The number of hydrogen-bond acceptors (Lipinski definition) is 5. The molecule has 1 fully saturated rings. The highest BCUT2D eigenvalue weighted by Gasteiger charge is 2.34. The Morgan fingerprint density at radius 2 is 1.86 bits per heavy atom.